The first-order chi connectivity index (χ1) is 9.78. The zero-order valence-electron chi connectivity index (χ0n) is 11.0. The molecule has 0 bridgehead atoms. The summed E-state index contributed by atoms with van der Waals surface area (Å²) in [7, 11) is 1.59. The Kier molecular flexibility index (Phi) is 3.13. The van der Waals surface area contributed by atoms with E-state index >= 15 is 0 Å². The highest BCUT2D eigenvalue weighted by molar-refractivity contribution is 5.67. The number of nitrogen functional groups attached to an aromatic ring is 1. The highest BCUT2D eigenvalue weighted by atomic mass is 16.5. The third-order valence-electron chi connectivity index (χ3n) is 3.04. The molecule has 0 unspecified atom stereocenters. The first kappa shape index (κ1) is 12.3. The summed E-state index contributed by atoms with van der Waals surface area (Å²) in [4.78, 5) is 4.30. The van der Waals surface area contributed by atoms with Crippen LogP contribution in [0.5, 0.6) is 5.75 Å². The van der Waals surface area contributed by atoms with E-state index in [1.807, 2.05) is 36.4 Å². The van der Waals surface area contributed by atoms with Crippen LogP contribution >= 0.6 is 0 Å². The molecule has 0 spiro atoms. The molecule has 0 aliphatic heterocycles. The third-order valence-corrected chi connectivity index (χ3v) is 3.04. The van der Waals surface area contributed by atoms with Crippen LogP contribution in [0.15, 0.2) is 59.1 Å². The minimum atomic E-state index is 0.540. The molecule has 3 rings (SSSR count). The van der Waals surface area contributed by atoms with Crippen molar-refractivity contribution >= 4 is 5.69 Å². The molecule has 0 radical (unpaired) electrons. The number of rotatable bonds is 3. The maximum Gasteiger partial charge on any atom is 0.226 e. The minimum absolute atomic E-state index is 0.540. The van der Waals surface area contributed by atoms with Crippen molar-refractivity contribution in [1.29, 1.82) is 0 Å². The molecule has 0 amide bonds. The van der Waals surface area contributed by atoms with Gasteiger partial charge in [-0.1, -0.05) is 30.3 Å². The molecule has 0 atom stereocenters. The van der Waals surface area contributed by atoms with Gasteiger partial charge in [-0.2, -0.15) is 0 Å². The molecule has 4 heteroatoms. The molecule has 1 heterocycles. The number of ether oxygens (including phenoxy) is 1. The van der Waals surface area contributed by atoms with Gasteiger partial charge in [0.05, 0.1) is 19.0 Å². The van der Waals surface area contributed by atoms with Gasteiger partial charge in [-0.3, -0.25) is 0 Å². The van der Waals surface area contributed by atoms with Gasteiger partial charge in [0.25, 0.3) is 0 Å². The van der Waals surface area contributed by atoms with Crippen molar-refractivity contribution in [1.82, 2.24) is 4.98 Å². The van der Waals surface area contributed by atoms with E-state index in [4.69, 9.17) is 14.9 Å². The average Bonchev–Trinajstić information content (AvgIpc) is 2.98. The number of nitrogens with zero attached hydrogens (tertiary/aromatic N) is 1. The average molecular weight is 266 g/mol. The van der Waals surface area contributed by atoms with Gasteiger partial charge in [0, 0.05) is 11.1 Å². The van der Waals surface area contributed by atoms with Gasteiger partial charge >= 0.3 is 0 Å². The summed E-state index contributed by atoms with van der Waals surface area (Å²) in [5.74, 6) is 1.91. The van der Waals surface area contributed by atoms with E-state index in [1.54, 1.807) is 25.4 Å². The Morgan fingerprint density at radius 2 is 1.85 bits per heavy atom. The SMILES string of the molecule is COc1ccc(-c2ncc(-c3ccccc3)o2)cc1N. The first-order valence-electron chi connectivity index (χ1n) is 6.23. The van der Waals surface area contributed by atoms with Crippen LogP contribution in [0.1, 0.15) is 0 Å². The van der Waals surface area contributed by atoms with Gasteiger partial charge in [0.1, 0.15) is 5.75 Å². The molecule has 1 aromatic heterocycles. The fourth-order valence-electron chi connectivity index (χ4n) is 2.01. The zero-order chi connectivity index (χ0) is 13.9. The lowest BCUT2D eigenvalue weighted by molar-refractivity contribution is 0.417. The van der Waals surface area contributed by atoms with Gasteiger partial charge in [-0.05, 0) is 18.2 Å². The molecule has 0 saturated carbocycles. The lowest BCUT2D eigenvalue weighted by atomic mass is 10.2. The monoisotopic (exact) mass is 266 g/mol. The maximum absolute atomic E-state index is 5.89. The molecule has 3 aromatic rings. The summed E-state index contributed by atoms with van der Waals surface area (Å²) in [6, 6.07) is 15.3. The molecule has 2 N–H and O–H groups in total. The Hall–Kier alpha value is -2.75. The number of methoxy groups -OCH3 is 1. The van der Waals surface area contributed by atoms with Gasteiger partial charge in [-0.15, -0.1) is 0 Å². The summed E-state index contributed by atoms with van der Waals surface area (Å²) in [6.07, 6.45) is 1.71. The van der Waals surface area contributed by atoms with Crippen molar-refractivity contribution in [2.75, 3.05) is 12.8 Å². The standard InChI is InChI=1S/C16H14N2O2/c1-19-14-8-7-12(9-13(14)17)16-18-10-15(20-16)11-5-3-2-4-6-11/h2-10H,17H2,1H3. The second-order valence-electron chi connectivity index (χ2n) is 4.35. The maximum atomic E-state index is 5.89. The van der Waals surface area contributed by atoms with Crippen LogP contribution in [0.4, 0.5) is 5.69 Å². The summed E-state index contributed by atoms with van der Waals surface area (Å²) in [5, 5.41) is 0. The molecular weight excluding hydrogens is 252 g/mol. The van der Waals surface area contributed by atoms with E-state index in [-0.39, 0.29) is 0 Å². The van der Waals surface area contributed by atoms with E-state index in [9.17, 15) is 0 Å². The lowest BCUT2D eigenvalue weighted by Crippen LogP contribution is -1.92. The molecule has 100 valence electrons. The van der Waals surface area contributed by atoms with E-state index < -0.39 is 0 Å². The number of hydrogen-bond acceptors (Lipinski definition) is 4. The summed E-state index contributed by atoms with van der Waals surface area (Å²) in [5.41, 5.74) is 8.27. The van der Waals surface area contributed by atoms with Gasteiger partial charge in [0.2, 0.25) is 5.89 Å². The number of oxazole rings is 1. The second kappa shape index (κ2) is 5.09. The normalized spacial score (nSPS) is 10.4. The quantitative estimate of drug-likeness (QED) is 0.736. The van der Waals surface area contributed by atoms with Crippen LogP contribution in [0.3, 0.4) is 0 Å². The van der Waals surface area contributed by atoms with E-state index in [0.29, 0.717) is 17.3 Å². The third kappa shape index (κ3) is 2.23. The van der Waals surface area contributed by atoms with Crippen molar-refractivity contribution in [2.45, 2.75) is 0 Å². The van der Waals surface area contributed by atoms with Crippen LogP contribution in [0.25, 0.3) is 22.8 Å². The molecule has 0 aliphatic carbocycles. The predicted molar refractivity (Wildman–Crippen MR) is 78.3 cm³/mol. The fourth-order valence-corrected chi connectivity index (χ4v) is 2.01. The Morgan fingerprint density at radius 1 is 1.05 bits per heavy atom. The smallest absolute Gasteiger partial charge is 0.226 e. The summed E-state index contributed by atoms with van der Waals surface area (Å²) >= 11 is 0. The lowest BCUT2D eigenvalue weighted by Gasteiger charge is -2.04. The number of aromatic nitrogens is 1. The van der Waals surface area contributed by atoms with Gasteiger partial charge in [-0.25, -0.2) is 4.98 Å². The Balaban J connectivity index is 1.96. The number of nitrogens with two attached hydrogens (primary N) is 1. The Labute approximate surface area is 116 Å². The summed E-state index contributed by atoms with van der Waals surface area (Å²) < 4.78 is 10.9. The highest BCUT2D eigenvalue weighted by Crippen LogP contribution is 2.30. The van der Waals surface area contributed by atoms with Crippen LogP contribution < -0.4 is 10.5 Å². The number of anilines is 1. The van der Waals surface area contributed by atoms with Crippen LogP contribution in [-0.2, 0) is 0 Å². The van der Waals surface area contributed by atoms with E-state index in [1.165, 1.54) is 0 Å². The highest BCUT2D eigenvalue weighted by Gasteiger charge is 2.10. The van der Waals surface area contributed by atoms with Crippen molar-refractivity contribution in [3.63, 3.8) is 0 Å². The van der Waals surface area contributed by atoms with Crippen LogP contribution in [0.2, 0.25) is 0 Å². The van der Waals surface area contributed by atoms with E-state index in [0.717, 1.165) is 16.9 Å². The minimum Gasteiger partial charge on any atom is -0.495 e. The number of hydrogen-bond donors (Lipinski definition) is 1. The predicted octanol–water partition coefficient (Wildman–Crippen LogP) is 3.60. The second-order valence-corrected chi connectivity index (χ2v) is 4.35. The Bertz CT molecular complexity index is 720. The molecule has 2 aromatic carbocycles. The molecule has 20 heavy (non-hydrogen) atoms. The molecule has 0 fully saturated rings. The zero-order valence-corrected chi connectivity index (χ0v) is 11.0. The van der Waals surface area contributed by atoms with Crippen molar-refractivity contribution < 1.29 is 9.15 Å². The van der Waals surface area contributed by atoms with Crippen molar-refractivity contribution in [2.24, 2.45) is 0 Å². The van der Waals surface area contributed by atoms with Gasteiger partial charge < -0.3 is 14.9 Å². The molecular formula is C16H14N2O2. The number of benzene rings is 2. The van der Waals surface area contributed by atoms with Gasteiger partial charge in [0.15, 0.2) is 5.76 Å². The first-order valence-corrected chi connectivity index (χ1v) is 6.23. The van der Waals surface area contributed by atoms with Crippen molar-refractivity contribution in [3.8, 4) is 28.5 Å². The van der Waals surface area contributed by atoms with Crippen LogP contribution in [0, 0.1) is 0 Å². The fraction of sp³-hybridized carbons (Fsp3) is 0.0625. The Morgan fingerprint density at radius 3 is 2.55 bits per heavy atom. The van der Waals surface area contributed by atoms with Crippen LogP contribution in [-0.4, -0.2) is 12.1 Å². The molecule has 0 saturated heterocycles. The molecule has 0 aliphatic rings. The van der Waals surface area contributed by atoms with E-state index in [2.05, 4.69) is 4.98 Å². The summed E-state index contributed by atoms with van der Waals surface area (Å²) in [6.45, 7) is 0. The largest absolute Gasteiger partial charge is 0.495 e. The molecule has 4 nitrogen and oxygen atoms in total. The van der Waals surface area contributed by atoms with Crippen molar-refractivity contribution in [3.05, 3.63) is 54.7 Å². The topological polar surface area (TPSA) is 61.3 Å².